The largest absolute Gasteiger partial charge is 0.459 e. The van der Waals surface area contributed by atoms with E-state index in [0.29, 0.717) is 18.5 Å². The fraction of sp³-hybridized carbons (Fsp3) is 0.320. The lowest BCUT2D eigenvalue weighted by Crippen LogP contribution is -2.32. The molecule has 166 valence electrons. The molecule has 32 heavy (non-hydrogen) atoms. The van der Waals surface area contributed by atoms with Crippen molar-refractivity contribution in [2.45, 2.75) is 52.3 Å². The minimum Gasteiger partial charge on any atom is -0.459 e. The van der Waals surface area contributed by atoms with Crippen LogP contribution in [0.25, 0.3) is 0 Å². The second-order valence-electron chi connectivity index (χ2n) is 8.25. The Labute approximate surface area is 192 Å². The molecule has 0 fully saturated rings. The number of fused-ring (bicyclic) bond motifs is 1. The number of aromatic nitrogens is 2. The lowest BCUT2D eigenvalue weighted by atomic mass is 10.00. The Morgan fingerprint density at radius 1 is 1.25 bits per heavy atom. The summed E-state index contributed by atoms with van der Waals surface area (Å²) in [5.41, 5.74) is 4.43. The van der Waals surface area contributed by atoms with Gasteiger partial charge < -0.3 is 10.1 Å². The Bertz CT molecular complexity index is 1210. The van der Waals surface area contributed by atoms with E-state index in [0.717, 1.165) is 22.3 Å². The van der Waals surface area contributed by atoms with Crippen molar-refractivity contribution in [2.75, 3.05) is 5.32 Å². The van der Waals surface area contributed by atoms with Crippen LogP contribution < -0.4 is 10.9 Å². The second-order valence-corrected chi connectivity index (χ2v) is 8.60. The molecule has 7 heteroatoms. The molecule has 6 nitrogen and oxygen atoms in total. The smallest absolute Gasteiger partial charge is 0.329 e. The first-order valence-electron chi connectivity index (χ1n) is 10.7. The maximum Gasteiger partial charge on any atom is 0.329 e. The first-order chi connectivity index (χ1) is 15.3. The van der Waals surface area contributed by atoms with Crippen molar-refractivity contribution >= 4 is 23.4 Å². The van der Waals surface area contributed by atoms with Crippen LogP contribution in [-0.2, 0) is 22.6 Å². The number of hydrogen-bond acceptors (Lipinski definition) is 5. The van der Waals surface area contributed by atoms with Gasteiger partial charge in [-0.15, -0.1) is 0 Å². The zero-order valence-corrected chi connectivity index (χ0v) is 19.1. The van der Waals surface area contributed by atoms with Crippen LogP contribution in [0.1, 0.15) is 53.4 Å². The molecule has 0 radical (unpaired) electrons. The van der Waals surface area contributed by atoms with Crippen molar-refractivity contribution in [2.24, 2.45) is 0 Å². The van der Waals surface area contributed by atoms with Crippen molar-refractivity contribution in [1.29, 1.82) is 0 Å². The van der Waals surface area contributed by atoms with E-state index in [-0.39, 0.29) is 29.2 Å². The third-order valence-electron chi connectivity index (χ3n) is 5.88. The van der Waals surface area contributed by atoms with Crippen LogP contribution in [0.3, 0.4) is 0 Å². The summed E-state index contributed by atoms with van der Waals surface area (Å²) in [6.07, 6.45) is 0.958. The molecule has 2 atom stereocenters. The zero-order valence-electron chi connectivity index (χ0n) is 18.4. The van der Waals surface area contributed by atoms with E-state index >= 15 is 0 Å². The molecule has 0 aliphatic carbocycles. The minimum absolute atomic E-state index is 0.134. The van der Waals surface area contributed by atoms with Gasteiger partial charge >= 0.3 is 5.97 Å². The number of carbonyl (C=O) groups is 1. The molecule has 4 rings (SSSR count). The molecule has 1 aliphatic rings. The molecular weight excluding hydrogens is 426 g/mol. The number of aryl methyl sites for hydroxylation is 2. The Morgan fingerprint density at radius 3 is 2.75 bits per heavy atom. The summed E-state index contributed by atoms with van der Waals surface area (Å²) < 4.78 is 6.95. The van der Waals surface area contributed by atoms with Gasteiger partial charge in [0.1, 0.15) is 12.6 Å². The average Bonchev–Trinajstić information content (AvgIpc) is 3.24. The Morgan fingerprint density at radius 2 is 2.00 bits per heavy atom. The van der Waals surface area contributed by atoms with Gasteiger partial charge in [-0.3, -0.25) is 9.36 Å². The monoisotopic (exact) mass is 451 g/mol. The summed E-state index contributed by atoms with van der Waals surface area (Å²) >= 11 is 6.41. The van der Waals surface area contributed by atoms with Gasteiger partial charge in [0.15, 0.2) is 11.0 Å². The molecule has 2 heterocycles. The fourth-order valence-electron chi connectivity index (χ4n) is 4.15. The molecule has 0 amide bonds. The Kier molecular flexibility index (Phi) is 6.33. The van der Waals surface area contributed by atoms with Crippen molar-refractivity contribution in [1.82, 2.24) is 9.55 Å². The maximum absolute atomic E-state index is 13.3. The van der Waals surface area contributed by atoms with Crippen LogP contribution in [-0.4, -0.2) is 15.5 Å². The molecule has 2 aromatic carbocycles. The molecule has 0 bridgehead atoms. The molecule has 3 aromatic rings. The lowest BCUT2D eigenvalue weighted by Gasteiger charge is -2.20. The number of hydrogen-bond donors (Lipinski definition) is 1. The normalized spacial score (nSPS) is 15.8. The third-order valence-corrected chi connectivity index (χ3v) is 6.18. The molecule has 0 spiro atoms. The van der Waals surface area contributed by atoms with E-state index in [1.165, 1.54) is 4.57 Å². The summed E-state index contributed by atoms with van der Waals surface area (Å²) in [6, 6.07) is 14.8. The number of benzene rings is 2. The van der Waals surface area contributed by atoms with E-state index in [4.69, 9.17) is 16.3 Å². The molecule has 0 saturated carbocycles. The molecule has 1 aromatic heterocycles. The predicted octanol–water partition coefficient (Wildman–Crippen LogP) is 4.92. The number of nitrogens with one attached hydrogen (secondary N) is 1. The van der Waals surface area contributed by atoms with Crippen molar-refractivity contribution in [3.05, 3.63) is 92.0 Å². The summed E-state index contributed by atoms with van der Waals surface area (Å²) in [7, 11) is 0. The van der Waals surface area contributed by atoms with Crippen molar-refractivity contribution in [3.63, 3.8) is 0 Å². The van der Waals surface area contributed by atoms with E-state index < -0.39 is 12.0 Å². The highest BCUT2D eigenvalue weighted by atomic mass is 35.5. The highest BCUT2D eigenvalue weighted by molar-refractivity contribution is 6.30. The fourth-order valence-corrected chi connectivity index (χ4v) is 4.42. The van der Waals surface area contributed by atoms with E-state index in [2.05, 4.69) is 28.5 Å². The van der Waals surface area contributed by atoms with Gasteiger partial charge in [0.2, 0.25) is 0 Å². The first-order valence-corrected chi connectivity index (χ1v) is 11.1. The quantitative estimate of drug-likeness (QED) is 0.538. The van der Waals surface area contributed by atoms with E-state index in [9.17, 15) is 9.59 Å². The van der Waals surface area contributed by atoms with Gasteiger partial charge in [-0.25, -0.2) is 9.78 Å². The zero-order chi connectivity index (χ0) is 22.8. The number of carbonyl (C=O) groups excluding carboxylic acids is 1. The highest BCUT2D eigenvalue weighted by Crippen LogP contribution is 2.31. The summed E-state index contributed by atoms with van der Waals surface area (Å²) in [5, 5.41) is 3.44. The molecule has 1 N–H and O–H groups in total. The van der Waals surface area contributed by atoms with Gasteiger partial charge in [0, 0.05) is 0 Å². The van der Waals surface area contributed by atoms with E-state index in [1.54, 1.807) is 0 Å². The standard InChI is InChI=1S/C25H26ClN3O3/c1-15-9-10-16(2)19(13-15)17(3)27-23-24(30)29-20(22(26)28-23)11-12-21(29)25(31)32-14-18-7-5-4-6-8-18/h4-10,13,17,21H,11-12,14H2,1-3H3,(H,27,28)/t17-,21+/m1/s1. The number of esters is 1. The van der Waals surface area contributed by atoms with E-state index in [1.807, 2.05) is 51.1 Å². The van der Waals surface area contributed by atoms with Crippen LogP contribution in [0.4, 0.5) is 5.82 Å². The van der Waals surface area contributed by atoms with Gasteiger partial charge in [-0.05, 0) is 50.3 Å². The number of ether oxygens (including phenoxy) is 1. The molecule has 1 aliphatic heterocycles. The van der Waals surface area contributed by atoms with Gasteiger partial charge in [0.25, 0.3) is 5.56 Å². The highest BCUT2D eigenvalue weighted by Gasteiger charge is 2.34. The number of nitrogens with zero attached hydrogens (tertiary/aromatic N) is 2. The lowest BCUT2D eigenvalue weighted by molar-refractivity contribution is -0.148. The van der Waals surface area contributed by atoms with Crippen molar-refractivity contribution in [3.8, 4) is 0 Å². The predicted molar refractivity (Wildman–Crippen MR) is 125 cm³/mol. The van der Waals surface area contributed by atoms with Crippen molar-refractivity contribution < 1.29 is 9.53 Å². The minimum atomic E-state index is -0.710. The van der Waals surface area contributed by atoms with Crippen LogP contribution >= 0.6 is 11.6 Å². The van der Waals surface area contributed by atoms with Gasteiger partial charge in [-0.2, -0.15) is 0 Å². The second kappa shape index (κ2) is 9.17. The average molecular weight is 452 g/mol. The van der Waals surface area contributed by atoms with Crippen LogP contribution in [0.5, 0.6) is 0 Å². The third kappa shape index (κ3) is 4.41. The number of anilines is 1. The van der Waals surface area contributed by atoms with Crippen LogP contribution in [0.2, 0.25) is 5.15 Å². The summed E-state index contributed by atoms with van der Waals surface area (Å²) in [5.74, 6) is -0.305. The Hall–Kier alpha value is -3.12. The summed E-state index contributed by atoms with van der Waals surface area (Å²) in [4.78, 5) is 30.4. The van der Waals surface area contributed by atoms with Crippen LogP contribution in [0.15, 0.2) is 53.3 Å². The SMILES string of the molecule is Cc1ccc(C)c([C@@H](C)Nc2nc(Cl)c3n(c2=O)[C@H](C(=O)OCc2ccccc2)CC3)c1. The van der Waals surface area contributed by atoms with Crippen LogP contribution in [0, 0.1) is 13.8 Å². The maximum atomic E-state index is 13.3. The number of rotatable bonds is 6. The first kappa shape index (κ1) is 22.1. The molecule has 0 saturated heterocycles. The topological polar surface area (TPSA) is 73.2 Å². The number of halogens is 1. The molecular formula is C25H26ClN3O3. The summed E-state index contributed by atoms with van der Waals surface area (Å²) in [6.45, 7) is 6.19. The Balaban J connectivity index is 1.58. The van der Waals surface area contributed by atoms with Gasteiger partial charge in [-0.1, -0.05) is 65.7 Å². The molecule has 0 unspecified atom stereocenters. The van der Waals surface area contributed by atoms with Gasteiger partial charge in [0.05, 0.1) is 11.7 Å².